The molecule has 1 aliphatic rings. The SMILES string of the molecule is CCOC(=O)Cc1csc(NCC2CCCS2(=O)=O)n1. The highest BCUT2D eigenvalue weighted by Gasteiger charge is 2.30. The lowest BCUT2D eigenvalue weighted by Gasteiger charge is -2.09. The number of rotatable bonds is 6. The summed E-state index contributed by atoms with van der Waals surface area (Å²) in [5.41, 5.74) is 0.644. The first-order chi connectivity index (χ1) is 9.51. The van der Waals surface area contributed by atoms with E-state index < -0.39 is 9.84 Å². The van der Waals surface area contributed by atoms with Crippen LogP contribution in [0.15, 0.2) is 5.38 Å². The van der Waals surface area contributed by atoms with Crippen LogP contribution < -0.4 is 5.32 Å². The van der Waals surface area contributed by atoms with Crippen LogP contribution in [0.4, 0.5) is 5.13 Å². The minimum absolute atomic E-state index is 0.147. The van der Waals surface area contributed by atoms with Crippen molar-refractivity contribution in [3.63, 3.8) is 0 Å². The number of anilines is 1. The Morgan fingerprint density at radius 3 is 3.05 bits per heavy atom. The summed E-state index contributed by atoms with van der Waals surface area (Å²) in [6, 6.07) is 0. The first kappa shape index (κ1) is 15.2. The number of carbonyl (C=O) groups is 1. The third-order valence-corrected chi connectivity index (χ3v) is 6.25. The van der Waals surface area contributed by atoms with Crippen molar-refractivity contribution in [3.05, 3.63) is 11.1 Å². The van der Waals surface area contributed by atoms with Crippen molar-refractivity contribution in [3.8, 4) is 0 Å². The van der Waals surface area contributed by atoms with Crippen LogP contribution in [0, 0.1) is 0 Å². The lowest BCUT2D eigenvalue weighted by atomic mass is 10.2. The monoisotopic (exact) mass is 318 g/mol. The van der Waals surface area contributed by atoms with E-state index in [1.807, 2.05) is 0 Å². The van der Waals surface area contributed by atoms with Crippen molar-refractivity contribution >= 4 is 32.3 Å². The van der Waals surface area contributed by atoms with Crippen molar-refractivity contribution in [1.82, 2.24) is 4.98 Å². The van der Waals surface area contributed by atoms with Crippen molar-refractivity contribution in [2.45, 2.75) is 31.4 Å². The van der Waals surface area contributed by atoms with E-state index in [2.05, 4.69) is 10.3 Å². The van der Waals surface area contributed by atoms with Gasteiger partial charge in [-0.05, 0) is 19.8 Å². The van der Waals surface area contributed by atoms with Gasteiger partial charge in [0.2, 0.25) is 0 Å². The number of sulfone groups is 1. The van der Waals surface area contributed by atoms with Crippen LogP contribution >= 0.6 is 11.3 Å². The van der Waals surface area contributed by atoms with E-state index in [9.17, 15) is 13.2 Å². The summed E-state index contributed by atoms with van der Waals surface area (Å²) in [6.45, 7) is 2.50. The van der Waals surface area contributed by atoms with E-state index >= 15 is 0 Å². The van der Waals surface area contributed by atoms with Gasteiger partial charge in [0.25, 0.3) is 0 Å². The molecule has 0 radical (unpaired) electrons. The summed E-state index contributed by atoms with van der Waals surface area (Å²) < 4.78 is 28.2. The minimum Gasteiger partial charge on any atom is -0.466 e. The van der Waals surface area contributed by atoms with Gasteiger partial charge in [0, 0.05) is 11.9 Å². The molecule has 0 saturated carbocycles. The Morgan fingerprint density at radius 2 is 2.40 bits per heavy atom. The number of thiazole rings is 1. The number of esters is 1. The predicted octanol–water partition coefficient (Wildman–Crippen LogP) is 1.24. The molecular weight excluding hydrogens is 300 g/mol. The number of nitrogens with one attached hydrogen (secondary N) is 1. The van der Waals surface area contributed by atoms with E-state index in [-0.39, 0.29) is 23.4 Å². The van der Waals surface area contributed by atoms with E-state index in [1.165, 1.54) is 11.3 Å². The van der Waals surface area contributed by atoms with Crippen molar-refractivity contribution < 1.29 is 17.9 Å². The highest BCUT2D eigenvalue weighted by atomic mass is 32.2. The molecule has 1 aliphatic heterocycles. The molecule has 1 aromatic heterocycles. The molecule has 0 spiro atoms. The molecule has 2 heterocycles. The largest absolute Gasteiger partial charge is 0.466 e. The van der Waals surface area contributed by atoms with Crippen molar-refractivity contribution in [2.24, 2.45) is 0 Å². The van der Waals surface area contributed by atoms with Crippen molar-refractivity contribution in [1.29, 1.82) is 0 Å². The number of carbonyl (C=O) groups excluding carboxylic acids is 1. The van der Waals surface area contributed by atoms with E-state index in [1.54, 1.807) is 12.3 Å². The number of aromatic nitrogens is 1. The maximum absolute atomic E-state index is 11.7. The van der Waals surface area contributed by atoms with E-state index in [4.69, 9.17) is 4.74 Å². The first-order valence-electron chi connectivity index (χ1n) is 6.56. The molecule has 0 amide bonds. The highest BCUT2D eigenvalue weighted by Crippen LogP contribution is 2.22. The molecule has 1 unspecified atom stereocenters. The molecule has 1 saturated heterocycles. The summed E-state index contributed by atoms with van der Waals surface area (Å²) in [5.74, 6) is -0.0200. The van der Waals surface area contributed by atoms with Gasteiger partial charge in [-0.1, -0.05) is 0 Å². The minimum atomic E-state index is -2.94. The Labute approximate surface area is 122 Å². The van der Waals surface area contributed by atoms with Gasteiger partial charge in [0.05, 0.1) is 29.7 Å². The average Bonchev–Trinajstić information content (AvgIpc) is 2.93. The van der Waals surface area contributed by atoms with Crippen LogP contribution in [0.25, 0.3) is 0 Å². The second-order valence-corrected chi connectivity index (χ2v) is 7.90. The van der Waals surface area contributed by atoms with Gasteiger partial charge in [-0.15, -0.1) is 11.3 Å². The number of nitrogens with zero attached hydrogens (tertiary/aromatic N) is 1. The number of hydrogen-bond acceptors (Lipinski definition) is 7. The molecule has 20 heavy (non-hydrogen) atoms. The van der Waals surface area contributed by atoms with Gasteiger partial charge in [-0.3, -0.25) is 4.79 Å². The molecule has 2 rings (SSSR count). The zero-order chi connectivity index (χ0) is 14.6. The molecule has 0 aliphatic carbocycles. The van der Waals surface area contributed by atoms with Gasteiger partial charge in [0.15, 0.2) is 15.0 Å². The van der Waals surface area contributed by atoms with Crippen LogP contribution in [-0.4, -0.2) is 43.5 Å². The highest BCUT2D eigenvalue weighted by molar-refractivity contribution is 7.92. The van der Waals surface area contributed by atoms with Crippen LogP contribution in [0.2, 0.25) is 0 Å². The van der Waals surface area contributed by atoms with Crippen LogP contribution in [0.1, 0.15) is 25.5 Å². The molecule has 6 nitrogen and oxygen atoms in total. The summed E-state index contributed by atoms with van der Waals surface area (Å²) in [5, 5.41) is 5.15. The molecule has 1 fully saturated rings. The Hall–Kier alpha value is -1.15. The standard InChI is InChI=1S/C12H18N2O4S2/c1-2-18-11(15)6-9-8-19-12(14-9)13-7-10-4-3-5-20(10,16)17/h8,10H,2-7H2,1H3,(H,13,14). The third-order valence-electron chi connectivity index (χ3n) is 3.13. The molecule has 0 aromatic carbocycles. The summed E-state index contributed by atoms with van der Waals surface area (Å²) in [6.07, 6.45) is 1.59. The van der Waals surface area contributed by atoms with Gasteiger partial charge < -0.3 is 10.1 Å². The third kappa shape index (κ3) is 3.92. The summed E-state index contributed by atoms with van der Waals surface area (Å²) >= 11 is 1.37. The normalized spacial score (nSPS) is 20.8. The fourth-order valence-corrected chi connectivity index (χ4v) is 4.60. The van der Waals surface area contributed by atoms with Gasteiger partial charge in [-0.2, -0.15) is 0 Å². The van der Waals surface area contributed by atoms with Gasteiger partial charge in [-0.25, -0.2) is 13.4 Å². The molecule has 1 atom stereocenters. The predicted molar refractivity (Wildman–Crippen MR) is 77.7 cm³/mol. The fraction of sp³-hybridized carbons (Fsp3) is 0.667. The van der Waals surface area contributed by atoms with Crippen molar-refractivity contribution in [2.75, 3.05) is 24.2 Å². The van der Waals surface area contributed by atoms with Crippen LogP contribution in [-0.2, 0) is 25.8 Å². The van der Waals surface area contributed by atoms with Gasteiger partial charge in [0.1, 0.15) is 0 Å². The maximum Gasteiger partial charge on any atom is 0.311 e. The lowest BCUT2D eigenvalue weighted by molar-refractivity contribution is -0.142. The Kier molecular flexibility index (Phi) is 4.98. The fourth-order valence-electron chi connectivity index (χ4n) is 2.12. The molecule has 0 bridgehead atoms. The number of hydrogen-bond donors (Lipinski definition) is 1. The topological polar surface area (TPSA) is 85.4 Å². The second-order valence-electron chi connectivity index (χ2n) is 4.64. The van der Waals surface area contributed by atoms with E-state index in [0.29, 0.717) is 30.4 Å². The molecular formula is C12H18N2O4S2. The second kappa shape index (κ2) is 6.53. The first-order valence-corrected chi connectivity index (χ1v) is 9.16. The molecule has 112 valence electrons. The number of ether oxygens (including phenoxy) is 1. The smallest absolute Gasteiger partial charge is 0.311 e. The zero-order valence-electron chi connectivity index (χ0n) is 11.3. The molecule has 8 heteroatoms. The molecule has 1 aromatic rings. The average molecular weight is 318 g/mol. The van der Waals surface area contributed by atoms with Crippen LogP contribution in [0.3, 0.4) is 0 Å². The van der Waals surface area contributed by atoms with Gasteiger partial charge >= 0.3 is 5.97 Å². The molecule has 1 N–H and O–H groups in total. The quantitative estimate of drug-likeness (QED) is 0.794. The summed E-state index contributed by atoms with van der Waals surface area (Å²) in [4.78, 5) is 15.6. The summed E-state index contributed by atoms with van der Waals surface area (Å²) in [7, 11) is -2.94. The lowest BCUT2D eigenvalue weighted by Crippen LogP contribution is -2.25. The zero-order valence-corrected chi connectivity index (χ0v) is 12.9. The van der Waals surface area contributed by atoms with Crippen LogP contribution in [0.5, 0.6) is 0 Å². The van der Waals surface area contributed by atoms with E-state index in [0.717, 1.165) is 6.42 Å². The Bertz CT molecular complexity index is 568. The Morgan fingerprint density at radius 1 is 1.60 bits per heavy atom. The maximum atomic E-state index is 11.7. The Balaban J connectivity index is 1.85.